The molecule has 21 heavy (non-hydrogen) atoms. The van der Waals surface area contributed by atoms with Gasteiger partial charge in [-0.3, -0.25) is 0 Å². The number of halogens is 1. The van der Waals surface area contributed by atoms with Crippen LogP contribution in [0.2, 0.25) is 0 Å². The molecule has 0 aromatic heterocycles. The Morgan fingerprint density at radius 3 is 1.19 bits per heavy atom. The molecule has 128 valence electrons. The highest BCUT2D eigenvalue weighted by Crippen LogP contribution is 2.30. The predicted molar refractivity (Wildman–Crippen MR) is 99.5 cm³/mol. The summed E-state index contributed by atoms with van der Waals surface area (Å²) in [7, 11) is 0. The molecule has 0 saturated heterocycles. The van der Waals surface area contributed by atoms with Crippen molar-refractivity contribution in [1.82, 2.24) is 0 Å². The quantitative estimate of drug-likeness (QED) is 0.198. The van der Waals surface area contributed by atoms with Crippen LogP contribution >= 0.6 is 11.6 Å². The molecule has 0 N–H and O–H groups in total. The summed E-state index contributed by atoms with van der Waals surface area (Å²) in [6.45, 7) is 6.73. The fraction of sp³-hybridized carbons (Fsp3) is 1.00. The molecule has 0 aliphatic heterocycles. The molecule has 0 amide bonds. The van der Waals surface area contributed by atoms with Crippen LogP contribution in [0.25, 0.3) is 0 Å². The number of hydrogen-bond donors (Lipinski definition) is 0. The zero-order chi connectivity index (χ0) is 15.8. The van der Waals surface area contributed by atoms with Gasteiger partial charge in [0.2, 0.25) is 0 Å². The third kappa shape index (κ3) is 13.7. The Kier molecular flexibility index (Phi) is 15.4. The molecule has 0 spiro atoms. The Morgan fingerprint density at radius 2 is 0.857 bits per heavy atom. The fourth-order valence-electron chi connectivity index (χ4n) is 3.06. The van der Waals surface area contributed by atoms with E-state index in [9.17, 15) is 0 Å². The van der Waals surface area contributed by atoms with E-state index < -0.39 is 0 Å². The normalized spacial score (nSPS) is 12.0. The molecule has 0 heterocycles. The fourth-order valence-corrected chi connectivity index (χ4v) is 3.20. The minimum atomic E-state index is 0.0950. The first-order valence-electron chi connectivity index (χ1n) is 9.87. The molecule has 0 aromatic rings. The van der Waals surface area contributed by atoms with Crippen molar-refractivity contribution in [3.8, 4) is 0 Å². The van der Waals surface area contributed by atoms with Crippen molar-refractivity contribution in [2.75, 3.05) is 0 Å². The topological polar surface area (TPSA) is 0 Å². The van der Waals surface area contributed by atoms with Crippen molar-refractivity contribution in [3.05, 3.63) is 0 Å². The lowest BCUT2D eigenvalue weighted by molar-refractivity contribution is 0.458. The SMILES string of the molecule is CCCCCCCCCCCCCCCC(Cl)(CC)CC. The van der Waals surface area contributed by atoms with Crippen molar-refractivity contribution >= 4 is 11.6 Å². The van der Waals surface area contributed by atoms with Crippen LogP contribution in [0.15, 0.2) is 0 Å². The van der Waals surface area contributed by atoms with Crippen LogP contribution in [0.4, 0.5) is 0 Å². The van der Waals surface area contributed by atoms with Crippen molar-refractivity contribution in [1.29, 1.82) is 0 Å². The highest BCUT2D eigenvalue weighted by Gasteiger charge is 2.21. The molecule has 0 bridgehead atoms. The van der Waals surface area contributed by atoms with Crippen molar-refractivity contribution in [3.63, 3.8) is 0 Å². The van der Waals surface area contributed by atoms with Crippen LogP contribution in [-0.2, 0) is 0 Å². The molecule has 0 unspecified atom stereocenters. The van der Waals surface area contributed by atoms with E-state index in [2.05, 4.69) is 20.8 Å². The Morgan fingerprint density at radius 1 is 0.524 bits per heavy atom. The Bertz CT molecular complexity index is 196. The van der Waals surface area contributed by atoms with Gasteiger partial charge in [-0.1, -0.05) is 104 Å². The molecular formula is C20H41Cl. The highest BCUT2D eigenvalue weighted by atomic mass is 35.5. The maximum atomic E-state index is 6.55. The van der Waals surface area contributed by atoms with Crippen molar-refractivity contribution < 1.29 is 0 Å². The molecule has 0 aromatic carbocycles. The second-order valence-corrected chi connectivity index (χ2v) is 7.65. The first-order valence-corrected chi connectivity index (χ1v) is 10.2. The van der Waals surface area contributed by atoms with Crippen LogP contribution in [-0.4, -0.2) is 4.87 Å². The van der Waals surface area contributed by atoms with Gasteiger partial charge in [0.25, 0.3) is 0 Å². The number of unbranched alkanes of at least 4 members (excludes halogenated alkanes) is 12. The molecule has 0 fully saturated rings. The van der Waals surface area contributed by atoms with Gasteiger partial charge in [-0.05, 0) is 19.3 Å². The van der Waals surface area contributed by atoms with Gasteiger partial charge >= 0.3 is 0 Å². The number of hydrogen-bond acceptors (Lipinski definition) is 0. The van der Waals surface area contributed by atoms with Crippen molar-refractivity contribution in [2.24, 2.45) is 0 Å². The summed E-state index contributed by atoms with van der Waals surface area (Å²) >= 11 is 6.55. The van der Waals surface area contributed by atoms with Gasteiger partial charge in [0, 0.05) is 4.87 Å². The number of rotatable bonds is 16. The van der Waals surface area contributed by atoms with Crippen LogP contribution in [0.5, 0.6) is 0 Å². The third-order valence-electron chi connectivity index (χ3n) is 5.00. The summed E-state index contributed by atoms with van der Waals surface area (Å²) < 4.78 is 0. The summed E-state index contributed by atoms with van der Waals surface area (Å²) in [6.07, 6.45) is 22.0. The second-order valence-electron chi connectivity index (χ2n) is 6.85. The molecule has 0 aliphatic carbocycles. The van der Waals surface area contributed by atoms with E-state index in [0.29, 0.717) is 0 Å². The molecular weight excluding hydrogens is 276 g/mol. The van der Waals surface area contributed by atoms with Gasteiger partial charge in [0.05, 0.1) is 0 Å². The highest BCUT2D eigenvalue weighted by molar-refractivity contribution is 6.23. The van der Waals surface area contributed by atoms with Gasteiger partial charge in [-0.25, -0.2) is 0 Å². The van der Waals surface area contributed by atoms with Gasteiger partial charge in [0.1, 0.15) is 0 Å². The maximum Gasteiger partial charge on any atom is 0.0441 e. The number of alkyl halides is 1. The molecule has 0 atom stereocenters. The third-order valence-corrected chi connectivity index (χ3v) is 5.72. The van der Waals surface area contributed by atoms with E-state index >= 15 is 0 Å². The lowest BCUT2D eigenvalue weighted by Crippen LogP contribution is -2.18. The van der Waals surface area contributed by atoms with Crippen LogP contribution in [0, 0.1) is 0 Å². The lowest BCUT2D eigenvalue weighted by atomic mass is 9.94. The molecule has 0 nitrogen and oxygen atoms in total. The largest absolute Gasteiger partial charge is 0.119 e. The predicted octanol–water partition coefficient (Wildman–Crippen LogP) is 8.27. The minimum Gasteiger partial charge on any atom is -0.119 e. The summed E-state index contributed by atoms with van der Waals surface area (Å²) in [6, 6.07) is 0. The molecule has 1 heteroatoms. The first-order chi connectivity index (χ1) is 10.2. The molecule has 0 aliphatic rings. The van der Waals surface area contributed by atoms with E-state index in [1.165, 1.54) is 89.9 Å². The van der Waals surface area contributed by atoms with Gasteiger partial charge in [-0.2, -0.15) is 0 Å². The maximum absolute atomic E-state index is 6.55. The molecule has 0 radical (unpaired) electrons. The average molecular weight is 317 g/mol. The molecule has 0 saturated carbocycles. The Hall–Kier alpha value is 0.290. The first kappa shape index (κ1) is 21.3. The van der Waals surface area contributed by atoms with E-state index in [1.54, 1.807) is 0 Å². The molecule has 0 rings (SSSR count). The Labute approximate surface area is 140 Å². The summed E-state index contributed by atoms with van der Waals surface area (Å²) in [5.74, 6) is 0. The monoisotopic (exact) mass is 316 g/mol. The standard InChI is InChI=1S/C20H41Cl/c1-4-7-8-9-10-11-12-13-14-15-16-17-18-19-20(21,5-2)6-3/h4-19H2,1-3H3. The van der Waals surface area contributed by atoms with E-state index in [4.69, 9.17) is 11.6 Å². The van der Waals surface area contributed by atoms with Gasteiger partial charge < -0.3 is 0 Å². The van der Waals surface area contributed by atoms with Crippen LogP contribution in [0.3, 0.4) is 0 Å². The summed E-state index contributed by atoms with van der Waals surface area (Å²) in [5, 5.41) is 0. The smallest absolute Gasteiger partial charge is 0.0441 e. The van der Waals surface area contributed by atoms with E-state index in [0.717, 1.165) is 12.8 Å². The van der Waals surface area contributed by atoms with E-state index in [1.807, 2.05) is 0 Å². The second kappa shape index (κ2) is 15.2. The van der Waals surface area contributed by atoms with Crippen LogP contribution < -0.4 is 0 Å². The summed E-state index contributed by atoms with van der Waals surface area (Å²) in [4.78, 5) is 0.0950. The van der Waals surface area contributed by atoms with Gasteiger partial charge in [0.15, 0.2) is 0 Å². The lowest BCUT2D eigenvalue weighted by Gasteiger charge is -2.23. The average Bonchev–Trinajstić information content (AvgIpc) is 2.51. The van der Waals surface area contributed by atoms with Crippen molar-refractivity contribution in [2.45, 2.75) is 128 Å². The minimum absolute atomic E-state index is 0.0950. The van der Waals surface area contributed by atoms with E-state index in [-0.39, 0.29) is 4.87 Å². The summed E-state index contributed by atoms with van der Waals surface area (Å²) in [5.41, 5.74) is 0. The van der Waals surface area contributed by atoms with Crippen LogP contribution in [0.1, 0.15) is 124 Å². The zero-order valence-electron chi connectivity index (χ0n) is 15.2. The Balaban J connectivity index is 3.16. The van der Waals surface area contributed by atoms with Gasteiger partial charge in [-0.15, -0.1) is 11.6 Å². The zero-order valence-corrected chi connectivity index (χ0v) is 15.9.